The van der Waals surface area contributed by atoms with Crippen LogP contribution >= 0.6 is 0 Å². The highest BCUT2D eigenvalue weighted by molar-refractivity contribution is 5.94. The molecule has 2 aromatic rings. The molecule has 5 heteroatoms. The van der Waals surface area contributed by atoms with Crippen molar-refractivity contribution in [2.45, 2.75) is 20.3 Å². The van der Waals surface area contributed by atoms with Gasteiger partial charge in [0.2, 0.25) is 5.91 Å². The smallest absolute Gasteiger partial charge is 0.253 e. The average Bonchev–Trinajstić information content (AvgIpc) is 2.69. The SMILES string of the molecule is Cc1ccc(C(=O)N2CCN(C(=O)C(C)Cc3ccccc3F)CC2)cc1. The first-order valence-corrected chi connectivity index (χ1v) is 9.34. The van der Waals surface area contributed by atoms with E-state index in [9.17, 15) is 14.0 Å². The third-order valence-corrected chi connectivity index (χ3v) is 5.08. The van der Waals surface area contributed by atoms with Crippen LogP contribution in [0.5, 0.6) is 0 Å². The van der Waals surface area contributed by atoms with E-state index in [1.165, 1.54) is 6.07 Å². The van der Waals surface area contributed by atoms with Crippen molar-refractivity contribution in [3.05, 3.63) is 71.0 Å². The van der Waals surface area contributed by atoms with E-state index in [1.807, 2.05) is 38.1 Å². The third-order valence-electron chi connectivity index (χ3n) is 5.08. The molecule has 3 rings (SSSR count). The van der Waals surface area contributed by atoms with Crippen LogP contribution in [0, 0.1) is 18.7 Å². The molecule has 0 spiro atoms. The zero-order chi connectivity index (χ0) is 19.4. The van der Waals surface area contributed by atoms with Gasteiger partial charge < -0.3 is 9.80 Å². The maximum absolute atomic E-state index is 13.8. The fourth-order valence-electron chi connectivity index (χ4n) is 3.40. The van der Waals surface area contributed by atoms with E-state index >= 15 is 0 Å². The van der Waals surface area contributed by atoms with Crippen LogP contribution in [-0.2, 0) is 11.2 Å². The Bertz CT molecular complexity index is 811. The Hall–Kier alpha value is -2.69. The molecule has 1 aliphatic rings. The quantitative estimate of drug-likeness (QED) is 0.831. The molecular formula is C22H25FN2O2. The molecule has 0 bridgehead atoms. The Morgan fingerprint density at radius 3 is 2.19 bits per heavy atom. The van der Waals surface area contributed by atoms with Crippen LogP contribution in [0.15, 0.2) is 48.5 Å². The number of halogens is 1. The summed E-state index contributed by atoms with van der Waals surface area (Å²) < 4.78 is 13.8. The van der Waals surface area contributed by atoms with Crippen LogP contribution in [0.3, 0.4) is 0 Å². The molecule has 1 atom stereocenters. The van der Waals surface area contributed by atoms with E-state index in [4.69, 9.17) is 0 Å². The van der Waals surface area contributed by atoms with Gasteiger partial charge >= 0.3 is 0 Å². The van der Waals surface area contributed by atoms with Gasteiger partial charge in [0.05, 0.1) is 0 Å². The van der Waals surface area contributed by atoms with Crippen LogP contribution in [-0.4, -0.2) is 47.8 Å². The number of aryl methyl sites for hydroxylation is 1. The van der Waals surface area contributed by atoms with Gasteiger partial charge in [-0.3, -0.25) is 9.59 Å². The second-order valence-corrected chi connectivity index (χ2v) is 7.18. The summed E-state index contributed by atoms with van der Waals surface area (Å²) in [6.45, 7) is 5.88. The Balaban J connectivity index is 1.55. The number of benzene rings is 2. The van der Waals surface area contributed by atoms with Gasteiger partial charge in [0.1, 0.15) is 5.82 Å². The molecule has 1 saturated heterocycles. The summed E-state index contributed by atoms with van der Waals surface area (Å²) in [6, 6.07) is 14.1. The van der Waals surface area contributed by atoms with Crippen LogP contribution in [0.25, 0.3) is 0 Å². The summed E-state index contributed by atoms with van der Waals surface area (Å²) in [4.78, 5) is 28.8. The molecule has 0 radical (unpaired) electrons. The molecule has 4 nitrogen and oxygen atoms in total. The van der Waals surface area contributed by atoms with E-state index in [-0.39, 0.29) is 23.5 Å². The fourth-order valence-corrected chi connectivity index (χ4v) is 3.40. The minimum atomic E-state index is -0.291. The number of rotatable bonds is 4. The Morgan fingerprint density at radius 2 is 1.56 bits per heavy atom. The summed E-state index contributed by atoms with van der Waals surface area (Å²) in [5.41, 5.74) is 2.35. The van der Waals surface area contributed by atoms with Gasteiger partial charge in [-0.2, -0.15) is 0 Å². The maximum atomic E-state index is 13.8. The zero-order valence-electron chi connectivity index (χ0n) is 15.8. The van der Waals surface area contributed by atoms with Crippen molar-refractivity contribution in [3.63, 3.8) is 0 Å². The normalized spacial score (nSPS) is 15.5. The highest BCUT2D eigenvalue weighted by Gasteiger charge is 2.27. The molecule has 1 heterocycles. The Kier molecular flexibility index (Phi) is 5.89. The molecule has 2 amide bonds. The molecule has 142 valence electrons. The predicted octanol–water partition coefficient (Wildman–Crippen LogP) is 3.30. The highest BCUT2D eigenvalue weighted by Crippen LogP contribution is 2.17. The number of carbonyl (C=O) groups is 2. The minimum Gasteiger partial charge on any atom is -0.339 e. The van der Waals surface area contributed by atoms with Gasteiger partial charge in [-0.15, -0.1) is 0 Å². The monoisotopic (exact) mass is 368 g/mol. The zero-order valence-corrected chi connectivity index (χ0v) is 15.8. The summed E-state index contributed by atoms with van der Waals surface area (Å²) in [7, 11) is 0. The summed E-state index contributed by atoms with van der Waals surface area (Å²) >= 11 is 0. The second-order valence-electron chi connectivity index (χ2n) is 7.18. The number of piperazine rings is 1. The van der Waals surface area contributed by atoms with Gasteiger partial charge in [0.15, 0.2) is 0 Å². The van der Waals surface area contributed by atoms with Crippen LogP contribution < -0.4 is 0 Å². The topological polar surface area (TPSA) is 40.6 Å². The number of carbonyl (C=O) groups excluding carboxylic acids is 2. The lowest BCUT2D eigenvalue weighted by Crippen LogP contribution is -2.51. The van der Waals surface area contributed by atoms with Gasteiger partial charge in [-0.05, 0) is 37.1 Å². The lowest BCUT2D eigenvalue weighted by molar-refractivity contribution is -0.136. The molecule has 0 N–H and O–H groups in total. The molecule has 1 unspecified atom stereocenters. The third kappa shape index (κ3) is 4.54. The fraction of sp³-hybridized carbons (Fsp3) is 0.364. The molecule has 1 aliphatic heterocycles. The van der Waals surface area contributed by atoms with E-state index in [2.05, 4.69) is 0 Å². The maximum Gasteiger partial charge on any atom is 0.253 e. The van der Waals surface area contributed by atoms with Crippen molar-refractivity contribution in [2.75, 3.05) is 26.2 Å². The van der Waals surface area contributed by atoms with Gasteiger partial charge in [-0.25, -0.2) is 4.39 Å². The van der Waals surface area contributed by atoms with Crippen molar-refractivity contribution < 1.29 is 14.0 Å². The predicted molar refractivity (Wildman–Crippen MR) is 103 cm³/mol. The van der Waals surface area contributed by atoms with Crippen molar-refractivity contribution in [2.24, 2.45) is 5.92 Å². The van der Waals surface area contributed by atoms with E-state index < -0.39 is 0 Å². The van der Waals surface area contributed by atoms with Crippen LogP contribution in [0.1, 0.15) is 28.4 Å². The Morgan fingerprint density at radius 1 is 0.963 bits per heavy atom. The standard InChI is InChI=1S/C22H25FN2O2/c1-16-7-9-18(10-8-16)22(27)25-13-11-24(12-14-25)21(26)17(2)15-19-5-3-4-6-20(19)23/h3-10,17H,11-15H2,1-2H3. The molecular weight excluding hydrogens is 343 g/mol. The molecule has 0 aliphatic carbocycles. The molecule has 0 saturated carbocycles. The number of amides is 2. The van der Waals surface area contributed by atoms with Crippen LogP contribution in [0.2, 0.25) is 0 Å². The first-order valence-electron chi connectivity index (χ1n) is 9.34. The Labute approximate surface area is 159 Å². The van der Waals surface area contributed by atoms with E-state index in [1.54, 1.807) is 28.0 Å². The highest BCUT2D eigenvalue weighted by atomic mass is 19.1. The first-order chi connectivity index (χ1) is 13.0. The number of hydrogen-bond acceptors (Lipinski definition) is 2. The van der Waals surface area contributed by atoms with Crippen LogP contribution in [0.4, 0.5) is 4.39 Å². The van der Waals surface area contributed by atoms with Gasteiger partial charge in [-0.1, -0.05) is 42.8 Å². The summed E-state index contributed by atoms with van der Waals surface area (Å²) in [5.74, 6) is -0.547. The van der Waals surface area contributed by atoms with Gasteiger partial charge in [0.25, 0.3) is 5.91 Å². The first kappa shape index (κ1) is 19.1. The second kappa shape index (κ2) is 8.33. The lowest BCUT2D eigenvalue weighted by atomic mass is 9.99. The van der Waals surface area contributed by atoms with Gasteiger partial charge in [0, 0.05) is 37.7 Å². The molecule has 0 aromatic heterocycles. The molecule has 27 heavy (non-hydrogen) atoms. The number of hydrogen-bond donors (Lipinski definition) is 0. The van der Waals surface area contributed by atoms with E-state index in [0.29, 0.717) is 43.7 Å². The van der Waals surface area contributed by atoms with Crippen molar-refractivity contribution in [1.29, 1.82) is 0 Å². The summed E-state index contributed by atoms with van der Waals surface area (Å²) in [6.07, 6.45) is 0.383. The largest absolute Gasteiger partial charge is 0.339 e. The molecule has 2 aromatic carbocycles. The van der Waals surface area contributed by atoms with Crippen molar-refractivity contribution >= 4 is 11.8 Å². The lowest BCUT2D eigenvalue weighted by Gasteiger charge is -2.36. The van der Waals surface area contributed by atoms with E-state index in [0.717, 1.165) is 5.56 Å². The van der Waals surface area contributed by atoms with Crippen molar-refractivity contribution in [1.82, 2.24) is 9.80 Å². The molecule has 1 fully saturated rings. The summed E-state index contributed by atoms with van der Waals surface area (Å²) in [5, 5.41) is 0. The minimum absolute atomic E-state index is 0.00139. The average molecular weight is 368 g/mol. The van der Waals surface area contributed by atoms with Crippen molar-refractivity contribution in [3.8, 4) is 0 Å². The number of nitrogens with zero attached hydrogens (tertiary/aromatic N) is 2.